The average molecular weight is 401 g/mol. The summed E-state index contributed by atoms with van der Waals surface area (Å²) in [5.41, 5.74) is 2.78. The van der Waals surface area contributed by atoms with E-state index in [0.717, 1.165) is 17.0 Å². The maximum absolute atomic E-state index is 13.0. The van der Waals surface area contributed by atoms with E-state index in [2.05, 4.69) is 5.10 Å². The molecule has 7 heteroatoms. The van der Waals surface area contributed by atoms with Crippen LogP contribution in [0.15, 0.2) is 47.7 Å². The van der Waals surface area contributed by atoms with E-state index < -0.39 is 0 Å². The number of likely N-dealkylation sites (N-methyl/N-ethyl adjacent to an activating group) is 1. The van der Waals surface area contributed by atoms with Gasteiger partial charge in [-0.05, 0) is 29.8 Å². The summed E-state index contributed by atoms with van der Waals surface area (Å²) in [7, 11) is 3.60. The van der Waals surface area contributed by atoms with E-state index in [1.54, 1.807) is 7.05 Å². The topological polar surface area (TPSA) is 57.9 Å². The molecule has 0 fully saturated rings. The van der Waals surface area contributed by atoms with Crippen LogP contribution in [0.5, 0.6) is 0 Å². The van der Waals surface area contributed by atoms with E-state index in [4.69, 9.17) is 11.6 Å². The number of halogens is 1. The summed E-state index contributed by atoms with van der Waals surface area (Å²) in [6.07, 6.45) is 2.56. The van der Waals surface area contributed by atoms with Crippen molar-refractivity contribution in [2.75, 3.05) is 13.6 Å². The van der Waals surface area contributed by atoms with Crippen LogP contribution in [-0.4, -0.2) is 45.6 Å². The molecule has 0 aliphatic carbocycles. The standard InChI is InChI=1S/C21H25ClN4O2/c1-14(2)21(28)25(4)13-20(27)26-19(15-7-9-16(22)10-8-15)12-17(23-26)18-6-5-11-24(18)3/h5-11,14,19H,12-13H2,1-4H3/t19-/m1/s1. The summed E-state index contributed by atoms with van der Waals surface area (Å²) in [6, 6.07) is 11.2. The molecule has 0 N–H and O–H groups in total. The van der Waals surface area contributed by atoms with Gasteiger partial charge in [0.25, 0.3) is 5.91 Å². The molecule has 1 aliphatic rings. The molecule has 28 heavy (non-hydrogen) atoms. The second-order valence-corrected chi connectivity index (χ2v) is 7.85. The van der Waals surface area contributed by atoms with E-state index >= 15 is 0 Å². The van der Waals surface area contributed by atoms with Crippen LogP contribution >= 0.6 is 11.6 Å². The first-order chi connectivity index (χ1) is 13.3. The Labute approximate surface area is 170 Å². The number of carbonyl (C=O) groups excluding carboxylic acids is 2. The number of aryl methyl sites for hydroxylation is 1. The molecule has 2 amide bonds. The summed E-state index contributed by atoms with van der Waals surface area (Å²) in [6.45, 7) is 3.63. The zero-order chi connectivity index (χ0) is 20.4. The van der Waals surface area contributed by atoms with Gasteiger partial charge in [0, 0.05) is 37.7 Å². The minimum Gasteiger partial charge on any atom is -0.350 e. The van der Waals surface area contributed by atoms with Crippen LogP contribution in [0.2, 0.25) is 5.02 Å². The van der Waals surface area contributed by atoms with Gasteiger partial charge in [0.1, 0.15) is 6.54 Å². The van der Waals surface area contributed by atoms with Crippen LogP contribution < -0.4 is 0 Å². The molecule has 1 aliphatic heterocycles. The van der Waals surface area contributed by atoms with E-state index in [0.29, 0.717) is 11.4 Å². The molecule has 148 valence electrons. The van der Waals surface area contributed by atoms with Crippen LogP contribution in [0.1, 0.15) is 37.6 Å². The fourth-order valence-electron chi connectivity index (χ4n) is 3.39. The number of aromatic nitrogens is 1. The van der Waals surface area contributed by atoms with Gasteiger partial charge in [0.15, 0.2) is 0 Å². The summed E-state index contributed by atoms with van der Waals surface area (Å²) in [5, 5.41) is 6.79. The van der Waals surface area contributed by atoms with Gasteiger partial charge >= 0.3 is 0 Å². The van der Waals surface area contributed by atoms with Crippen molar-refractivity contribution in [3.8, 4) is 0 Å². The van der Waals surface area contributed by atoms with Crippen molar-refractivity contribution in [1.29, 1.82) is 0 Å². The maximum atomic E-state index is 13.0. The van der Waals surface area contributed by atoms with Gasteiger partial charge < -0.3 is 9.47 Å². The van der Waals surface area contributed by atoms with Gasteiger partial charge in [-0.2, -0.15) is 5.10 Å². The van der Waals surface area contributed by atoms with Gasteiger partial charge in [-0.15, -0.1) is 0 Å². The van der Waals surface area contributed by atoms with Crippen LogP contribution in [0.4, 0.5) is 0 Å². The second-order valence-electron chi connectivity index (χ2n) is 7.41. The highest BCUT2D eigenvalue weighted by Crippen LogP contribution is 2.33. The molecule has 2 heterocycles. The lowest BCUT2D eigenvalue weighted by atomic mass is 10.0. The lowest BCUT2D eigenvalue weighted by Crippen LogP contribution is -2.40. The number of amides is 2. The Hall–Kier alpha value is -2.60. The first-order valence-electron chi connectivity index (χ1n) is 9.29. The van der Waals surface area contributed by atoms with Crippen LogP contribution in [-0.2, 0) is 16.6 Å². The molecular formula is C21H25ClN4O2. The highest BCUT2D eigenvalue weighted by Gasteiger charge is 2.34. The fraction of sp³-hybridized carbons (Fsp3) is 0.381. The Bertz CT molecular complexity index is 901. The molecule has 3 rings (SSSR count). The number of carbonyl (C=O) groups is 2. The predicted octanol–water partition coefficient (Wildman–Crippen LogP) is 3.47. The predicted molar refractivity (Wildman–Crippen MR) is 110 cm³/mol. The Kier molecular flexibility index (Phi) is 5.89. The monoisotopic (exact) mass is 400 g/mol. The molecule has 6 nitrogen and oxygen atoms in total. The molecule has 1 aromatic carbocycles. The van der Waals surface area contributed by atoms with Crippen molar-refractivity contribution in [1.82, 2.24) is 14.5 Å². The molecule has 2 aromatic rings. The third kappa shape index (κ3) is 4.12. The van der Waals surface area contributed by atoms with Gasteiger partial charge in [-0.1, -0.05) is 37.6 Å². The third-order valence-electron chi connectivity index (χ3n) is 4.90. The largest absolute Gasteiger partial charge is 0.350 e. The number of benzene rings is 1. The number of hydrogen-bond donors (Lipinski definition) is 0. The normalized spacial score (nSPS) is 16.4. The van der Waals surface area contributed by atoms with E-state index in [9.17, 15) is 9.59 Å². The van der Waals surface area contributed by atoms with Crippen molar-refractivity contribution in [3.63, 3.8) is 0 Å². The molecule has 1 aromatic heterocycles. The molecule has 1 atom stereocenters. The summed E-state index contributed by atoms with van der Waals surface area (Å²) < 4.78 is 1.99. The van der Waals surface area contributed by atoms with Crippen molar-refractivity contribution in [3.05, 3.63) is 58.9 Å². The molecule has 0 spiro atoms. The average Bonchev–Trinajstić information content (AvgIpc) is 3.27. The number of nitrogens with zero attached hydrogens (tertiary/aromatic N) is 4. The zero-order valence-corrected chi connectivity index (χ0v) is 17.3. The smallest absolute Gasteiger partial charge is 0.262 e. The van der Waals surface area contributed by atoms with E-state index in [1.165, 1.54) is 9.91 Å². The van der Waals surface area contributed by atoms with Gasteiger partial charge in [0.05, 0.1) is 17.4 Å². The molecule has 0 bridgehead atoms. The quantitative estimate of drug-likeness (QED) is 0.771. The minimum absolute atomic E-state index is 0.00891. The van der Waals surface area contributed by atoms with Crippen LogP contribution in [0, 0.1) is 5.92 Å². The number of hydrogen-bond acceptors (Lipinski definition) is 3. The Morgan fingerprint density at radius 3 is 2.50 bits per heavy atom. The highest BCUT2D eigenvalue weighted by molar-refractivity contribution is 6.30. The molecule has 0 unspecified atom stereocenters. The second kappa shape index (κ2) is 8.19. The van der Waals surface area contributed by atoms with Gasteiger partial charge in [-0.3, -0.25) is 9.59 Å². The van der Waals surface area contributed by atoms with Crippen LogP contribution in [0.25, 0.3) is 0 Å². The number of rotatable bonds is 5. The number of hydrazone groups is 1. The lowest BCUT2D eigenvalue weighted by molar-refractivity contribution is -0.142. The fourth-order valence-corrected chi connectivity index (χ4v) is 3.52. The maximum Gasteiger partial charge on any atom is 0.262 e. The van der Waals surface area contributed by atoms with Crippen molar-refractivity contribution < 1.29 is 9.59 Å². The third-order valence-corrected chi connectivity index (χ3v) is 5.15. The molecular weight excluding hydrogens is 376 g/mol. The SMILES string of the molecule is CC(C)C(=O)N(C)CC(=O)N1N=C(c2cccn2C)C[C@@H]1c1ccc(Cl)cc1. The Morgan fingerprint density at radius 1 is 1.25 bits per heavy atom. The molecule has 0 saturated heterocycles. The van der Waals surface area contributed by atoms with Gasteiger partial charge in [0.2, 0.25) is 5.91 Å². The lowest BCUT2D eigenvalue weighted by Gasteiger charge is -2.25. The van der Waals surface area contributed by atoms with Crippen molar-refractivity contribution in [2.24, 2.45) is 18.1 Å². The summed E-state index contributed by atoms with van der Waals surface area (Å²) in [4.78, 5) is 26.7. The zero-order valence-electron chi connectivity index (χ0n) is 16.6. The Morgan fingerprint density at radius 2 is 1.93 bits per heavy atom. The summed E-state index contributed by atoms with van der Waals surface area (Å²) >= 11 is 6.02. The Balaban J connectivity index is 1.89. The van der Waals surface area contributed by atoms with Crippen molar-refractivity contribution in [2.45, 2.75) is 26.3 Å². The minimum atomic E-state index is -0.225. The highest BCUT2D eigenvalue weighted by atomic mass is 35.5. The first kappa shape index (κ1) is 20.1. The van der Waals surface area contributed by atoms with Crippen LogP contribution in [0.3, 0.4) is 0 Å². The van der Waals surface area contributed by atoms with Gasteiger partial charge in [-0.25, -0.2) is 5.01 Å². The van der Waals surface area contributed by atoms with E-state index in [1.807, 2.05) is 68.1 Å². The molecule has 0 radical (unpaired) electrons. The first-order valence-corrected chi connectivity index (χ1v) is 9.67. The summed E-state index contributed by atoms with van der Waals surface area (Å²) in [5.74, 6) is -0.436. The van der Waals surface area contributed by atoms with E-state index in [-0.39, 0.29) is 30.3 Å². The molecule has 0 saturated carbocycles. The van der Waals surface area contributed by atoms with Crippen molar-refractivity contribution >= 4 is 29.1 Å².